The summed E-state index contributed by atoms with van der Waals surface area (Å²) in [6.07, 6.45) is 1.70. The number of ketones is 1. The molecule has 0 spiro atoms. The van der Waals surface area contributed by atoms with E-state index in [9.17, 15) is 4.79 Å². The van der Waals surface area contributed by atoms with Gasteiger partial charge in [-0.3, -0.25) is 9.69 Å². The van der Waals surface area contributed by atoms with E-state index in [1.54, 1.807) is 0 Å². The van der Waals surface area contributed by atoms with Gasteiger partial charge >= 0.3 is 0 Å². The van der Waals surface area contributed by atoms with Crippen molar-refractivity contribution < 1.29 is 9.90 Å². The molecule has 0 saturated carbocycles. The number of carbonyl (C=O) groups excluding carboxylic acids is 1. The van der Waals surface area contributed by atoms with Crippen LogP contribution in [0.3, 0.4) is 0 Å². The van der Waals surface area contributed by atoms with Crippen molar-refractivity contribution in [1.29, 1.82) is 0 Å². The fourth-order valence-corrected chi connectivity index (χ4v) is 2.64. The van der Waals surface area contributed by atoms with Crippen LogP contribution in [0.25, 0.3) is 0 Å². The number of carbonyl (C=O) groups is 1. The molecule has 1 fully saturated rings. The molecule has 0 aromatic heterocycles. The molecular weight excluding hydrogens is 252 g/mol. The molecule has 0 radical (unpaired) electrons. The van der Waals surface area contributed by atoms with Gasteiger partial charge in [0.15, 0.2) is 5.78 Å². The summed E-state index contributed by atoms with van der Waals surface area (Å²) in [6, 6.07) is 9.51. The average molecular weight is 276 g/mol. The second-order valence-electron chi connectivity index (χ2n) is 5.30. The summed E-state index contributed by atoms with van der Waals surface area (Å²) in [5.74, 6) is 0.224. The van der Waals surface area contributed by atoms with Crippen LogP contribution in [0.4, 0.5) is 0 Å². The second kappa shape index (κ2) is 8.15. The zero-order chi connectivity index (χ0) is 14.2. The lowest BCUT2D eigenvalue weighted by atomic mass is 10.1. The highest BCUT2D eigenvalue weighted by Crippen LogP contribution is 2.07. The smallest absolute Gasteiger partial charge is 0.164 e. The number of hydrogen-bond acceptors (Lipinski definition) is 4. The molecule has 1 heterocycles. The molecule has 1 aromatic carbocycles. The van der Waals surface area contributed by atoms with E-state index in [-0.39, 0.29) is 12.4 Å². The quantitative estimate of drug-likeness (QED) is 0.795. The predicted molar refractivity (Wildman–Crippen MR) is 80.0 cm³/mol. The monoisotopic (exact) mass is 276 g/mol. The van der Waals surface area contributed by atoms with Gasteiger partial charge in [-0.1, -0.05) is 30.3 Å². The van der Waals surface area contributed by atoms with E-state index < -0.39 is 0 Å². The van der Waals surface area contributed by atoms with Crippen LogP contribution in [0, 0.1) is 0 Å². The van der Waals surface area contributed by atoms with E-state index in [1.807, 2.05) is 30.3 Å². The molecule has 4 nitrogen and oxygen atoms in total. The van der Waals surface area contributed by atoms with Crippen molar-refractivity contribution in [3.8, 4) is 0 Å². The van der Waals surface area contributed by atoms with Crippen LogP contribution in [0.1, 0.15) is 23.2 Å². The van der Waals surface area contributed by atoms with Gasteiger partial charge in [0, 0.05) is 38.2 Å². The topological polar surface area (TPSA) is 43.8 Å². The lowest BCUT2D eigenvalue weighted by molar-refractivity contribution is 0.0964. The maximum Gasteiger partial charge on any atom is 0.164 e. The number of rotatable bonds is 6. The minimum absolute atomic E-state index is 0.224. The van der Waals surface area contributed by atoms with E-state index in [2.05, 4.69) is 9.80 Å². The first kappa shape index (κ1) is 15.2. The van der Waals surface area contributed by atoms with Crippen LogP contribution in [0.2, 0.25) is 0 Å². The van der Waals surface area contributed by atoms with Crippen molar-refractivity contribution in [3.05, 3.63) is 35.9 Å². The number of Topliss-reactive ketones (excluding diaryl/α,β-unsaturated/α-hetero) is 1. The van der Waals surface area contributed by atoms with Gasteiger partial charge in [0.25, 0.3) is 0 Å². The third kappa shape index (κ3) is 4.71. The SMILES string of the molecule is O=C(CCN1CCCN(CCO)CC1)c1ccccc1. The van der Waals surface area contributed by atoms with Crippen LogP contribution in [-0.2, 0) is 0 Å². The molecule has 0 atom stereocenters. The highest BCUT2D eigenvalue weighted by atomic mass is 16.3. The maximum absolute atomic E-state index is 12.1. The van der Waals surface area contributed by atoms with Gasteiger partial charge in [0.2, 0.25) is 0 Å². The predicted octanol–water partition coefficient (Wildman–Crippen LogP) is 1.26. The lowest BCUT2D eigenvalue weighted by Gasteiger charge is -2.20. The summed E-state index contributed by atoms with van der Waals surface area (Å²) < 4.78 is 0. The molecule has 1 aliphatic heterocycles. The van der Waals surface area contributed by atoms with Gasteiger partial charge in [-0.2, -0.15) is 0 Å². The Hall–Kier alpha value is -1.23. The number of benzene rings is 1. The van der Waals surface area contributed by atoms with Gasteiger partial charge in [0.1, 0.15) is 0 Å². The normalized spacial score (nSPS) is 17.9. The Kier molecular flexibility index (Phi) is 6.18. The zero-order valence-corrected chi connectivity index (χ0v) is 12.0. The third-order valence-corrected chi connectivity index (χ3v) is 3.85. The van der Waals surface area contributed by atoms with E-state index in [1.165, 1.54) is 0 Å². The Morgan fingerprint density at radius 1 is 1.00 bits per heavy atom. The van der Waals surface area contributed by atoms with E-state index >= 15 is 0 Å². The van der Waals surface area contributed by atoms with Crippen molar-refractivity contribution >= 4 is 5.78 Å². The average Bonchev–Trinajstić information content (AvgIpc) is 2.71. The Balaban J connectivity index is 1.75. The Morgan fingerprint density at radius 2 is 1.65 bits per heavy atom. The van der Waals surface area contributed by atoms with Crippen molar-refractivity contribution in [2.24, 2.45) is 0 Å². The highest BCUT2D eigenvalue weighted by Gasteiger charge is 2.15. The van der Waals surface area contributed by atoms with E-state index in [0.29, 0.717) is 6.42 Å². The molecule has 1 N–H and O–H groups in total. The van der Waals surface area contributed by atoms with Gasteiger partial charge in [-0.25, -0.2) is 0 Å². The van der Waals surface area contributed by atoms with Gasteiger partial charge < -0.3 is 10.0 Å². The number of aliphatic hydroxyl groups excluding tert-OH is 1. The summed E-state index contributed by atoms with van der Waals surface area (Å²) in [5, 5.41) is 8.98. The Morgan fingerprint density at radius 3 is 2.30 bits per heavy atom. The summed E-state index contributed by atoms with van der Waals surface area (Å²) in [4.78, 5) is 16.7. The summed E-state index contributed by atoms with van der Waals surface area (Å²) in [5.41, 5.74) is 0.809. The molecule has 1 saturated heterocycles. The minimum Gasteiger partial charge on any atom is -0.395 e. The Labute approximate surface area is 121 Å². The van der Waals surface area contributed by atoms with Crippen molar-refractivity contribution in [1.82, 2.24) is 9.80 Å². The fraction of sp³-hybridized carbons (Fsp3) is 0.562. The van der Waals surface area contributed by atoms with Crippen LogP contribution >= 0.6 is 0 Å². The largest absolute Gasteiger partial charge is 0.395 e. The van der Waals surface area contributed by atoms with Gasteiger partial charge in [-0.15, -0.1) is 0 Å². The molecule has 4 heteroatoms. The molecule has 1 aromatic rings. The van der Waals surface area contributed by atoms with Crippen LogP contribution < -0.4 is 0 Å². The second-order valence-corrected chi connectivity index (χ2v) is 5.30. The molecular formula is C16H24N2O2. The summed E-state index contributed by atoms with van der Waals surface area (Å²) >= 11 is 0. The first-order chi connectivity index (χ1) is 9.79. The van der Waals surface area contributed by atoms with Crippen molar-refractivity contribution in [3.63, 3.8) is 0 Å². The first-order valence-electron chi connectivity index (χ1n) is 7.43. The van der Waals surface area contributed by atoms with Crippen LogP contribution in [-0.4, -0.2) is 66.6 Å². The maximum atomic E-state index is 12.1. The van der Waals surface area contributed by atoms with E-state index in [4.69, 9.17) is 5.11 Å². The highest BCUT2D eigenvalue weighted by molar-refractivity contribution is 5.96. The summed E-state index contributed by atoms with van der Waals surface area (Å²) in [6.45, 7) is 5.89. The minimum atomic E-state index is 0.224. The van der Waals surface area contributed by atoms with Crippen molar-refractivity contribution in [2.75, 3.05) is 45.9 Å². The number of nitrogens with zero attached hydrogens (tertiary/aromatic N) is 2. The number of aliphatic hydroxyl groups is 1. The summed E-state index contributed by atoms with van der Waals surface area (Å²) in [7, 11) is 0. The Bertz CT molecular complexity index is 408. The molecule has 0 amide bonds. The first-order valence-corrected chi connectivity index (χ1v) is 7.43. The molecule has 1 aliphatic rings. The molecule has 0 aliphatic carbocycles. The molecule has 0 bridgehead atoms. The van der Waals surface area contributed by atoms with Gasteiger partial charge in [-0.05, 0) is 19.5 Å². The standard InChI is InChI=1S/C16H24N2O2/c19-14-13-18-9-4-8-17(11-12-18)10-7-16(20)15-5-2-1-3-6-15/h1-3,5-6,19H,4,7-14H2. The number of hydrogen-bond donors (Lipinski definition) is 1. The molecule has 0 unspecified atom stereocenters. The van der Waals surface area contributed by atoms with Gasteiger partial charge in [0.05, 0.1) is 6.61 Å². The van der Waals surface area contributed by atoms with Crippen molar-refractivity contribution in [2.45, 2.75) is 12.8 Å². The molecule has 20 heavy (non-hydrogen) atoms. The fourth-order valence-electron chi connectivity index (χ4n) is 2.64. The molecule has 2 rings (SSSR count). The number of β-amino-alcohol motifs (C(OH)–C–C–N with tert-alkyl or cyclic N) is 1. The molecule has 110 valence electrons. The van der Waals surface area contributed by atoms with E-state index in [0.717, 1.165) is 51.3 Å². The van der Waals surface area contributed by atoms with Crippen LogP contribution in [0.5, 0.6) is 0 Å². The lowest BCUT2D eigenvalue weighted by Crippen LogP contribution is -2.33. The zero-order valence-electron chi connectivity index (χ0n) is 12.0. The van der Waals surface area contributed by atoms with Crippen LogP contribution in [0.15, 0.2) is 30.3 Å². The third-order valence-electron chi connectivity index (χ3n) is 3.85.